The van der Waals surface area contributed by atoms with Crippen molar-refractivity contribution in [1.82, 2.24) is 14.5 Å². The van der Waals surface area contributed by atoms with E-state index in [-0.39, 0.29) is 5.92 Å². The number of nitrogens with zero attached hydrogens (tertiary/aromatic N) is 3. The van der Waals surface area contributed by atoms with Crippen molar-refractivity contribution in [1.29, 1.82) is 0 Å². The largest absolute Gasteiger partial charge is 0.309 e. The van der Waals surface area contributed by atoms with Crippen LogP contribution in [0.2, 0.25) is 0 Å². The minimum atomic E-state index is 0.181. The summed E-state index contributed by atoms with van der Waals surface area (Å²) >= 11 is 0. The quantitative estimate of drug-likeness (QED) is 0.195. The zero-order valence-electron chi connectivity index (χ0n) is 26.8. The Morgan fingerprint density at radius 2 is 1.12 bits per heavy atom. The van der Waals surface area contributed by atoms with Crippen LogP contribution in [0.15, 0.2) is 158 Å². The molecule has 0 spiro atoms. The van der Waals surface area contributed by atoms with Crippen molar-refractivity contribution in [2.45, 2.75) is 12.3 Å². The van der Waals surface area contributed by atoms with E-state index in [4.69, 9.17) is 9.97 Å². The van der Waals surface area contributed by atoms with Crippen LogP contribution in [0.3, 0.4) is 0 Å². The highest BCUT2D eigenvalue weighted by molar-refractivity contribution is 6.28. The lowest BCUT2D eigenvalue weighted by Crippen LogP contribution is -2.28. The highest BCUT2D eigenvalue weighted by atomic mass is 15.0. The minimum Gasteiger partial charge on any atom is -0.309 e. The van der Waals surface area contributed by atoms with Gasteiger partial charge in [0.25, 0.3) is 0 Å². The van der Waals surface area contributed by atoms with Crippen molar-refractivity contribution in [3.05, 3.63) is 174 Å². The van der Waals surface area contributed by atoms with Gasteiger partial charge in [0.2, 0.25) is 0 Å². The Bertz CT molecular complexity index is 2750. The molecule has 49 heavy (non-hydrogen) atoms. The van der Waals surface area contributed by atoms with Crippen LogP contribution in [-0.2, 0) is 0 Å². The van der Waals surface area contributed by atoms with E-state index in [0.29, 0.717) is 0 Å². The lowest BCUT2D eigenvalue weighted by molar-refractivity contribution is 0.866. The number of rotatable bonds is 4. The van der Waals surface area contributed by atoms with Gasteiger partial charge in [-0.05, 0) is 68.7 Å². The van der Waals surface area contributed by atoms with E-state index in [1.165, 1.54) is 53.8 Å². The highest BCUT2D eigenvalue weighted by Crippen LogP contribution is 2.40. The average Bonchev–Trinajstić information content (AvgIpc) is 3.53. The molecule has 0 amide bonds. The van der Waals surface area contributed by atoms with Crippen molar-refractivity contribution >= 4 is 55.5 Å². The molecule has 2 heterocycles. The van der Waals surface area contributed by atoms with Crippen molar-refractivity contribution in [3.8, 4) is 28.3 Å². The van der Waals surface area contributed by atoms with Gasteiger partial charge in [-0.2, -0.15) is 0 Å². The first-order valence-corrected chi connectivity index (χ1v) is 16.9. The first-order valence-electron chi connectivity index (χ1n) is 16.9. The van der Waals surface area contributed by atoms with Crippen LogP contribution in [0.1, 0.15) is 18.0 Å². The van der Waals surface area contributed by atoms with Crippen LogP contribution in [0.4, 0.5) is 0 Å². The first kappa shape index (κ1) is 27.8. The number of fused-ring (bicyclic) bond motifs is 8. The van der Waals surface area contributed by atoms with E-state index in [0.717, 1.165) is 40.4 Å². The van der Waals surface area contributed by atoms with Gasteiger partial charge < -0.3 is 4.57 Å². The molecule has 1 unspecified atom stereocenters. The molecule has 0 fully saturated rings. The Morgan fingerprint density at radius 3 is 1.82 bits per heavy atom. The molecule has 0 aliphatic heterocycles. The van der Waals surface area contributed by atoms with E-state index >= 15 is 0 Å². The maximum Gasteiger partial charge on any atom is 0.160 e. The Balaban J connectivity index is 1.14. The second-order valence-corrected chi connectivity index (χ2v) is 13.0. The van der Waals surface area contributed by atoms with E-state index in [1.807, 2.05) is 6.07 Å². The summed E-state index contributed by atoms with van der Waals surface area (Å²) in [7, 11) is 0. The summed E-state index contributed by atoms with van der Waals surface area (Å²) in [5.41, 5.74) is 7.60. The van der Waals surface area contributed by atoms with E-state index in [9.17, 15) is 0 Å². The molecule has 7 aromatic carbocycles. The molecule has 10 rings (SSSR count). The number of hydrogen-bond acceptors (Lipinski definition) is 2. The summed E-state index contributed by atoms with van der Waals surface area (Å²) in [6, 6.07) is 56.5. The Morgan fingerprint density at radius 1 is 0.510 bits per heavy atom. The minimum absolute atomic E-state index is 0.181. The van der Waals surface area contributed by atoms with Crippen molar-refractivity contribution in [2.75, 3.05) is 0 Å². The predicted octanol–water partition coefficient (Wildman–Crippen LogP) is 9.96. The molecule has 1 atom stereocenters. The molecule has 0 bridgehead atoms. The molecule has 0 saturated heterocycles. The topological polar surface area (TPSA) is 30.7 Å². The van der Waals surface area contributed by atoms with Crippen molar-refractivity contribution < 1.29 is 0 Å². The lowest BCUT2D eigenvalue weighted by atomic mass is 9.93. The third-order valence-corrected chi connectivity index (χ3v) is 10.1. The molecule has 0 radical (unpaired) electrons. The fourth-order valence-corrected chi connectivity index (χ4v) is 7.72. The zero-order valence-corrected chi connectivity index (χ0v) is 26.8. The average molecular weight is 626 g/mol. The molecule has 3 nitrogen and oxygen atoms in total. The molecule has 0 N–H and O–H groups in total. The van der Waals surface area contributed by atoms with Gasteiger partial charge in [-0.1, -0.05) is 140 Å². The fraction of sp³-hybridized carbons (Fsp3) is 0.0435. The van der Waals surface area contributed by atoms with Gasteiger partial charge in [-0.3, -0.25) is 0 Å². The fourth-order valence-electron chi connectivity index (χ4n) is 7.72. The molecular formula is C46H31N3. The summed E-state index contributed by atoms with van der Waals surface area (Å²) < 4.78 is 2.42. The predicted molar refractivity (Wildman–Crippen MR) is 204 cm³/mol. The van der Waals surface area contributed by atoms with Gasteiger partial charge in [0.1, 0.15) is 0 Å². The SMILES string of the molecule is C1=c2ccccc2=CC(c2cc(-c3ccc(-n4c5ccc6ccccc6c5c5c6ccccc6ccc54)cc3)nc(-c3ccccc3)n2)C1. The zero-order chi connectivity index (χ0) is 32.3. The summed E-state index contributed by atoms with van der Waals surface area (Å²) in [6.07, 6.45) is 5.60. The maximum atomic E-state index is 5.14. The van der Waals surface area contributed by atoms with Crippen LogP contribution in [-0.4, -0.2) is 14.5 Å². The molecule has 1 aliphatic rings. The summed E-state index contributed by atoms with van der Waals surface area (Å²) in [5.74, 6) is 0.936. The number of aromatic nitrogens is 3. The van der Waals surface area contributed by atoms with Gasteiger partial charge in [0, 0.05) is 33.5 Å². The van der Waals surface area contributed by atoms with E-state index in [1.54, 1.807) is 0 Å². The molecule has 3 heteroatoms. The molecule has 9 aromatic rings. The number of benzene rings is 7. The van der Waals surface area contributed by atoms with Crippen LogP contribution in [0, 0.1) is 0 Å². The van der Waals surface area contributed by atoms with Gasteiger partial charge in [0.15, 0.2) is 5.82 Å². The van der Waals surface area contributed by atoms with Crippen molar-refractivity contribution in [2.24, 2.45) is 0 Å². The molecular weight excluding hydrogens is 595 g/mol. The second-order valence-electron chi connectivity index (χ2n) is 13.0. The summed E-state index contributed by atoms with van der Waals surface area (Å²) in [6.45, 7) is 0. The number of hydrogen-bond donors (Lipinski definition) is 0. The van der Waals surface area contributed by atoms with Gasteiger partial charge >= 0.3 is 0 Å². The Hall–Kier alpha value is -6.32. The van der Waals surface area contributed by atoms with E-state index in [2.05, 4.69) is 168 Å². The van der Waals surface area contributed by atoms with Crippen LogP contribution >= 0.6 is 0 Å². The Labute approximate surface area is 283 Å². The summed E-state index contributed by atoms with van der Waals surface area (Å²) in [5, 5.41) is 10.2. The molecule has 2 aromatic heterocycles. The smallest absolute Gasteiger partial charge is 0.160 e. The second kappa shape index (κ2) is 11.1. The van der Waals surface area contributed by atoms with Crippen molar-refractivity contribution in [3.63, 3.8) is 0 Å². The lowest BCUT2D eigenvalue weighted by Gasteiger charge is -2.16. The van der Waals surface area contributed by atoms with Gasteiger partial charge in [-0.15, -0.1) is 0 Å². The van der Waals surface area contributed by atoms with Gasteiger partial charge in [-0.25, -0.2) is 9.97 Å². The Kier molecular flexibility index (Phi) is 6.31. The highest BCUT2D eigenvalue weighted by Gasteiger charge is 2.19. The normalized spacial score (nSPS) is 14.2. The third kappa shape index (κ3) is 4.58. The third-order valence-electron chi connectivity index (χ3n) is 10.1. The molecule has 230 valence electrons. The first-order chi connectivity index (χ1) is 24.3. The standard InChI is InChI=1S/C46H31N3/c1-2-13-34(14-3-1)46-47-40(29-41(48-46)36-19-18-30-10-4-5-15-35(30)28-36)33-20-24-37(25-21-33)49-42-26-22-31-11-6-8-16-38(31)44(42)45-39-17-9-7-12-32(39)23-27-43(45)49/h1-18,20-29,36H,19H2. The van der Waals surface area contributed by atoms with Crippen LogP contribution in [0.25, 0.3) is 83.8 Å². The van der Waals surface area contributed by atoms with Crippen LogP contribution in [0.5, 0.6) is 0 Å². The monoisotopic (exact) mass is 625 g/mol. The molecule has 1 aliphatic carbocycles. The van der Waals surface area contributed by atoms with E-state index < -0.39 is 0 Å². The molecule has 0 saturated carbocycles. The van der Waals surface area contributed by atoms with Crippen LogP contribution < -0.4 is 10.4 Å². The summed E-state index contributed by atoms with van der Waals surface area (Å²) in [4.78, 5) is 10.3. The maximum absolute atomic E-state index is 5.14. The van der Waals surface area contributed by atoms with Gasteiger partial charge in [0.05, 0.1) is 22.4 Å².